The van der Waals surface area contributed by atoms with Crippen molar-refractivity contribution >= 4 is 15.9 Å². The summed E-state index contributed by atoms with van der Waals surface area (Å²) in [4.78, 5) is 4.68. The molecule has 0 radical (unpaired) electrons. The number of likely N-dealkylation sites (N-methyl/N-ethyl adjacent to an activating group) is 2. The molecule has 0 amide bonds. The second kappa shape index (κ2) is 5.95. The average molecular weight is 330 g/mol. The number of hydrogen-bond acceptors (Lipinski definition) is 4. The first-order valence-corrected chi connectivity index (χ1v) is 7.60. The molecule has 2 N–H and O–H groups in total. The van der Waals surface area contributed by atoms with Crippen molar-refractivity contribution < 1.29 is 4.42 Å². The van der Waals surface area contributed by atoms with Crippen LogP contribution in [-0.4, -0.2) is 49.6 Å². The average Bonchev–Trinajstić information content (AvgIpc) is 2.71. The third-order valence-electron chi connectivity index (χ3n) is 4.48. The van der Waals surface area contributed by atoms with E-state index < -0.39 is 0 Å². The molecule has 1 atom stereocenters. The number of furan rings is 1. The van der Waals surface area contributed by atoms with E-state index in [0.29, 0.717) is 12.1 Å². The fourth-order valence-corrected chi connectivity index (χ4v) is 3.40. The summed E-state index contributed by atoms with van der Waals surface area (Å²) < 4.78 is 6.59. The van der Waals surface area contributed by atoms with E-state index in [1.807, 2.05) is 6.07 Å². The molecule has 1 aliphatic rings. The molecule has 0 aromatic carbocycles. The minimum atomic E-state index is 0.127. The van der Waals surface area contributed by atoms with Gasteiger partial charge in [-0.15, -0.1) is 0 Å². The zero-order valence-corrected chi connectivity index (χ0v) is 13.6. The van der Waals surface area contributed by atoms with Gasteiger partial charge in [0.05, 0.1) is 16.8 Å². The van der Waals surface area contributed by atoms with Gasteiger partial charge in [-0.25, -0.2) is 0 Å². The van der Waals surface area contributed by atoms with Crippen molar-refractivity contribution in [3.63, 3.8) is 0 Å². The van der Waals surface area contributed by atoms with Gasteiger partial charge in [0.2, 0.25) is 0 Å². The van der Waals surface area contributed by atoms with Crippen LogP contribution in [0.2, 0.25) is 0 Å². The standard InChI is InChI=1S/C14H24BrN3O/c1-17(2)14(6-4-7-14)10-18(3)12(9-16)13-11(15)5-8-19-13/h5,8,12H,4,6-7,9-10,16H2,1-3H3. The number of nitrogens with two attached hydrogens (primary N) is 1. The van der Waals surface area contributed by atoms with E-state index >= 15 is 0 Å². The molecule has 1 fully saturated rings. The molecule has 5 heteroatoms. The Morgan fingerprint density at radius 1 is 1.42 bits per heavy atom. The lowest BCUT2D eigenvalue weighted by atomic mass is 9.75. The Bertz CT molecular complexity index is 415. The quantitative estimate of drug-likeness (QED) is 0.870. The highest BCUT2D eigenvalue weighted by molar-refractivity contribution is 9.10. The first-order chi connectivity index (χ1) is 9.00. The minimum absolute atomic E-state index is 0.127. The smallest absolute Gasteiger partial charge is 0.136 e. The van der Waals surface area contributed by atoms with Gasteiger partial charge in [0.15, 0.2) is 0 Å². The van der Waals surface area contributed by atoms with Gasteiger partial charge >= 0.3 is 0 Å². The maximum absolute atomic E-state index is 5.95. The molecular weight excluding hydrogens is 306 g/mol. The van der Waals surface area contributed by atoms with Crippen molar-refractivity contribution in [3.05, 3.63) is 22.6 Å². The molecule has 0 spiro atoms. The topological polar surface area (TPSA) is 45.6 Å². The van der Waals surface area contributed by atoms with E-state index in [1.54, 1.807) is 6.26 Å². The van der Waals surface area contributed by atoms with Gasteiger partial charge in [0, 0.05) is 18.6 Å². The van der Waals surface area contributed by atoms with Crippen LogP contribution in [0.3, 0.4) is 0 Å². The zero-order valence-electron chi connectivity index (χ0n) is 12.0. The molecular formula is C14H24BrN3O. The summed E-state index contributed by atoms with van der Waals surface area (Å²) >= 11 is 3.53. The molecule has 108 valence electrons. The largest absolute Gasteiger partial charge is 0.466 e. The normalized spacial score (nSPS) is 19.7. The summed E-state index contributed by atoms with van der Waals surface area (Å²) in [6, 6.07) is 2.05. The van der Waals surface area contributed by atoms with Crippen molar-refractivity contribution in [2.45, 2.75) is 30.8 Å². The molecule has 19 heavy (non-hydrogen) atoms. The lowest BCUT2D eigenvalue weighted by molar-refractivity contribution is 0.0141. The van der Waals surface area contributed by atoms with Gasteiger partial charge in [-0.1, -0.05) is 0 Å². The molecule has 1 heterocycles. The van der Waals surface area contributed by atoms with E-state index in [0.717, 1.165) is 16.8 Å². The van der Waals surface area contributed by atoms with Crippen LogP contribution in [0, 0.1) is 0 Å². The molecule has 0 saturated heterocycles. The predicted octanol–water partition coefficient (Wildman–Crippen LogP) is 2.46. The van der Waals surface area contributed by atoms with Gasteiger partial charge in [0.25, 0.3) is 0 Å². The lowest BCUT2D eigenvalue weighted by Gasteiger charge is -2.50. The predicted molar refractivity (Wildman–Crippen MR) is 81.1 cm³/mol. The van der Waals surface area contributed by atoms with Crippen LogP contribution in [0.5, 0.6) is 0 Å². The first-order valence-electron chi connectivity index (χ1n) is 6.81. The summed E-state index contributed by atoms with van der Waals surface area (Å²) in [5.41, 5.74) is 6.26. The van der Waals surface area contributed by atoms with Crippen LogP contribution in [0.1, 0.15) is 31.1 Å². The maximum atomic E-state index is 5.95. The Balaban J connectivity index is 2.09. The molecule has 1 saturated carbocycles. The zero-order chi connectivity index (χ0) is 14.0. The fourth-order valence-electron chi connectivity index (χ4n) is 2.94. The fraction of sp³-hybridized carbons (Fsp3) is 0.714. The van der Waals surface area contributed by atoms with Gasteiger partial charge in [-0.05, 0) is 62.4 Å². The SMILES string of the molecule is CN(CC1(N(C)C)CCC1)C(CN)c1occc1Br. The molecule has 4 nitrogen and oxygen atoms in total. The Hall–Kier alpha value is -0.360. The van der Waals surface area contributed by atoms with Crippen molar-refractivity contribution in [1.82, 2.24) is 9.80 Å². The Morgan fingerprint density at radius 3 is 2.47 bits per heavy atom. The van der Waals surface area contributed by atoms with Gasteiger partial charge in [-0.2, -0.15) is 0 Å². The highest BCUT2D eigenvalue weighted by atomic mass is 79.9. The van der Waals surface area contributed by atoms with E-state index in [4.69, 9.17) is 10.2 Å². The molecule has 0 aliphatic heterocycles. The Labute approximate surface area is 124 Å². The first kappa shape index (κ1) is 15.0. The van der Waals surface area contributed by atoms with Crippen LogP contribution in [-0.2, 0) is 0 Å². The summed E-state index contributed by atoms with van der Waals surface area (Å²) in [6.07, 6.45) is 5.56. The highest BCUT2D eigenvalue weighted by Crippen LogP contribution is 2.38. The molecule has 1 aliphatic carbocycles. The summed E-state index contributed by atoms with van der Waals surface area (Å²) in [5, 5.41) is 0. The van der Waals surface area contributed by atoms with Crippen molar-refractivity contribution in [3.8, 4) is 0 Å². The van der Waals surface area contributed by atoms with E-state index in [2.05, 4.69) is 46.9 Å². The second-order valence-electron chi connectivity index (χ2n) is 5.77. The minimum Gasteiger partial charge on any atom is -0.466 e. The van der Waals surface area contributed by atoms with Crippen LogP contribution < -0.4 is 5.73 Å². The highest BCUT2D eigenvalue weighted by Gasteiger charge is 2.41. The van der Waals surface area contributed by atoms with Crippen molar-refractivity contribution in [1.29, 1.82) is 0 Å². The maximum Gasteiger partial charge on any atom is 0.136 e. The number of nitrogens with zero attached hydrogens (tertiary/aromatic N) is 2. The number of hydrogen-bond donors (Lipinski definition) is 1. The Morgan fingerprint density at radius 2 is 2.11 bits per heavy atom. The lowest BCUT2D eigenvalue weighted by Crippen LogP contribution is -2.57. The van der Waals surface area contributed by atoms with Gasteiger partial charge < -0.3 is 15.1 Å². The summed E-state index contributed by atoms with van der Waals surface area (Å²) in [5.74, 6) is 0.929. The third kappa shape index (κ3) is 2.89. The number of halogens is 1. The van der Waals surface area contributed by atoms with Crippen LogP contribution in [0.4, 0.5) is 0 Å². The summed E-state index contributed by atoms with van der Waals surface area (Å²) in [7, 11) is 6.48. The number of rotatable bonds is 6. The molecule has 0 bridgehead atoms. The van der Waals surface area contributed by atoms with Crippen molar-refractivity contribution in [2.24, 2.45) is 5.73 Å². The van der Waals surface area contributed by atoms with Crippen LogP contribution in [0.25, 0.3) is 0 Å². The van der Waals surface area contributed by atoms with Gasteiger partial charge in [-0.3, -0.25) is 4.90 Å². The van der Waals surface area contributed by atoms with E-state index in [9.17, 15) is 0 Å². The third-order valence-corrected chi connectivity index (χ3v) is 5.13. The molecule has 1 aromatic rings. The second-order valence-corrected chi connectivity index (χ2v) is 6.63. The molecule has 1 unspecified atom stereocenters. The monoisotopic (exact) mass is 329 g/mol. The van der Waals surface area contributed by atoms with Gasteiger partial charge in [0.1, 0.15) is 5.76 Å². The van der Waals surface area contributed by atoms with Crippen molar-refractivity contribution in [2.75, 3.05) is 34.2 Å². The molecule has 2 rings (SSSR count). The Kier molecular flexibility index (Phi) is 4.71. The summed E-state index contributed by atoms with van der Waals surface area (Å²) in [6.45, 7) is 1.58. The van der Waals surface area contributed by atoms with Crippen LogP contribution >= 0.6 is 15.9 Å². The van der Waals surface area contributed by atoms with E-state index in [1.165, 1.54) is 19.3 Å². The van der Waals surface area contributed by atoms with Crippen LogP contribution in [0.15, 0.2) is 21.2 Å². The van der Waals surface area contributed by atoms with E-state index in [-0.39, 0.29) is 6.04 Å². The molecule has 1 aromatic heterocycles.